The molecule has 1 nitrogen and oxygen atoms in total. The van der Waals surface area contributed by atoms with Gasteiger partial charge in [-0.25, -0.2) is 0 Å². The van der Waals surface area contributed by atoms with Crippen molar-refractivity contribution in [3.63, 3.8) is 0 Å². The molecule has 0 saturated heterocycles. The molecule has 0 aromatic heterocycles. The van der Waals surface area contributed by atoms with Gasteiger partial charge >= 0.3 is 0 Å². The summed E-state index contributed by atoms with van der Waals surface area (Å²) in [6, 6.07) is 9.95. The van der Waals surface area contributed by atoms with Crippen LogP contribution in [0.2, 0.25) is 0 Å². The molecule has 0 heterocycles. The number of aliphatic hydroxyl groups excluding tert-OH is 1. The van der Waals surface area contributed by atoms with Crippen LogP contribution in [0.15, 0.2) is 30.3 Å². The Morgan fingerprint density at radius 3 is 2.20 bits per heavy atom. The van der Waals surface area contributed by atoms with Gasteiger partial charge in [-0.05, 0) is 12.0 Å². The zero-order valence-corrected chi connectivity index (χ0v) is 7.37. The van der Waals surface area contributed by atoms with Crippen molar-refractivity contribution in [3.05, 3.63) is 35.9 Å². The Hall–Kier alpha value is -0.340. The van der Waals surface area contributed by atoms with Crippen molar-refractivity contribution < 1.29 is 5.11 Å². The molecule has 0 spiro atoms. The molecular formula is C8H11BrO. The summed E-state index contributed by atoms with van der Waals surface area (Å²) in [5, 5.41) is 8.52. The van der Waals surface area contributed by atoms with Crippen molar-refractivity contribution in [2.45, 2.75) is 6.42 Å². The van der Waals surface area contributed by atoms with E-state index in [4.69, 9.17) is 5.11 Å². The number of halogens is 1. The Morgan fingerprint density at radius 2 is 1.70 bits per heavy atom. The van der Waals surface area contributed by atoms with Gasteiger partial charge in [0, 0.05) is 6.61 Å². The van der Waals surface area contributed by atoms with Crippen molar-refractivity contribution in [2.75, 3.05) is 6.61 Å². The molecule has 0 aliphatic heterocycles. The first-order valence-electron chi connectivity index (χ1n) is 3.08. The lowest BCUT2D eigenvalue weighted by atomic mass is 10.2. The summed E-state index contributed by atoms with van der Waals surface area (Å²) in [6.45, 7) is 0.240. The van der Waals surface area contributed by atoms with E-state index in [2.05, 4.69) is 0 Å². The lowest BCUT2D eigenvalue weighted by Crippen LogP contribution is -1.88. The maximum atomic E-state index is 8.52. The summed E-state index contributed by atoms with van der Waals surface area (Å²) < 4.78 is 0. The lowest BCUT2D eigenvalue weighted by molar-refractivity contribution is 0.299. The van der Waals surface area contributed by atoms with E-state index in [1.165, 1.54) is 5.56 Å². The molecule has 1 N–H and O–H groups in total. The van der Waals surface area contributed by atoms with Gasteiger partial charge < -0.3 is 5.11 Å². The third-order valence-electron chi connectivity index (χ3n) is 1.24. The average molecular weight is 203 g/mol. The summed E-state index contributed by atoms with van der Waals surface area (Å²) >= 11 is 0. The molecule has 0 aliphatic carbocycles. The van der Waals surface area contributed by atoms with Crippen LogP contribution in [0.25, 0.3) is 0 Å². The van der Waals surface area contributed by atoms with Crippen molar-refractivity contribution in [1.82, 2.24) is 0 Å². The van der Waals surface area contributed by atoms with Crippen LogP contribution in [0, 0.1) is 0 Å². The van der Waals surface area contributed by atoms with Crippen molar-refractivity contribution in [2.24, 2.45) is 0 Å². The van der Waals surface area contributed by atoms with Crippen LogP contribution in [-0.4, -0.2) is 11.7 Å². The van der Waals surface area contributed by atoms with Gasteiger partial charge in [0.1, 0.15) is 0 Å². The summed E-state index contributed by atoms with van der Waals surface area (Å²) in [7, 11) is 0. The number of hydrogen-bond acceptors (Lipinski definition) is 1. The predicted molar refractivity (Wildman–Crippen MR) is 47.6 cm³/mol. The number of rotatable bonds is 2. The maximum absolute atomic E-state index is 8.52. The highest BCUT2D eigenvalue weighted by Crippen LogP contribution is 1.97. The van der Waals surface area contributed by atoms with E-state index in [-0.39, 0.29) is 23.6 Å². The van der Waals surface area contributed by atoms with Crippen molar-refractivity contribution >= 4 is 17.0 Å². The first-order chi connectivity index (χ1) is 4.43. The Labute approximate surface area is 71.5 Å². The highest BCUT2D eigenvalue weighted by molar-refractivity contribution is 8.93. The zero-order chi connectivity index (χ0) is 6.53. The Balaban J connectivity index is 0.000000810. The van der Waals surface area contributed by atoms with Crippen LogP contribution in [0.5, 0.6) is 0 Å². The van der Waals surface area contributed by atoms with Gasteiger partial charge in [-0.15, -0.1) is 17.0 Å². The topological polar surface area (TPSA) is 20.2 Å². The van der Waals surface area contributed by atoms with Crippen LogP contribution in [-0.2, 0) is 6.42 Å². The standard InChI is InChI=1S/C8H10O.BrH/c9-7-6-8-4-2-1-3-5-8;/h1-5,9H,6-7H2;1H. The van der Waals surface area contributed by atoms with E-state index >= 15 is 0 Å². The lowest BCUT2D eigenvalue weighted by Gasteiger charge is -1.93. The first kappa shape index (κ1) is 9.66. The second-order valence-corrected chi connectivity index (χ2v) is 1.96. The van der Waals surface area contributed by atoms with E-state index in [1.807, 2.05) is 30.3 Å². The molecule has 0 bridgehead atoms. The molecule has 0 saturated carbocycles. The van der Waals surface area contributed by atoms with Gasteiger partial charge in [-0.3, -0.25) is 0 Å². The zero-order valence-electron chi connectivity index (χ0n) is 5.66. The third-order valence-corrected chi connectivity index (χ3v) is 1.24. The molecular weight excluding hydrogens is 192 g/mol. The molecule has 0 aliphatic rings. The fraction of sp³-hybridized carbons (Fsp3) is 0.250. The second kappa shape index (κ2) is 5.45. The van der Waals surface area contributed by atoms with Gasteiger partial charge in [0.05, 0.1) is 0 Å². The number of hydrogen-bond donors (Lipinski definition) is 1. The molecule has 0 unspecified atom stereocenters. The molecule has 1 aromatic carbocycles. The van der Waals surface area contributed by atoms with E-state index < -0.39 is 0 Å². The number of aliphatic hydroxyl groups is 1. The smallest absolute Gasteiger partial charge is 0.0471 e. The highest BCUT2D eigenvalue weighted by atomic mass is 79.9. The van der Waals surface area contributed by atoms with Crippen LogP contribution in [0.1, 0.15) is 5.56 Å². The minimum absolute atomic E-state index is 0. The average Bonchev–Trinajstić information content (AvgIpc) is 1.91. The Morgan fingerprint density at radius 1 is 1.10 bits per heavy atom. The molecule has 10 heavy (non-hydrogen) atoms. The van der Waals surface area contributed by atoms with Crippen LogP contribution in [0.4, 0.5) is 0 Å². The molecule has 0 radical (unpaired) electrons. The molecule has 0 atom stereocenters. The highest BCUT2D eigenvalue weighted by Gasteiger charge is 1.85. The minimum Gasteiger partial charge on any atom is -0.396 e. The monoisotopic (exact) mass is 202 g/mol. The van der Waals surface area contributed by atoms with Gasteiger partial charge in [-0.2, -0.15) is 0 Å². The quantitative estimate of drug-likeness (QED) is 0.776. The molecule has 56 valence electrons. The molecule has 0 amide bonds. The van der Waals surface area contributed by atoms with Gasteiger partial charge in [0.2, 0.25) is 0 Å². The first-order valence-corrected chi connectivity index (χ1v) is 3.08. The van der Waals surface area contributed by atoms with E-state index in [0.29, 0.717) is 0 Å². The van der Waals surface area contributed by atoms with Crippen molar-refractivity contribution in [1.29, 1.82) is 0 Å². The fourth-order valence-corrected chi connectivity index (χ4v) is 0.774. The van der Waals surface area contributed by atoms with Crippen LogP contribution >= 0.6 is 17.0 Å². The number of benzene rings is 1. The largest absolute Gasteiger partial charge is 0.396 e. The summed E-state index contributed by atoms with van der Waals surface area (Å²) in [6.07, 6.45) is 0.765. The summed E-state index contributed by atoms with van der Waals surface area (Å²) in [4.78, 5) is 0. The van der Waals surface area contributed by atoms with Gasteiger partial charge in [0.15, 0.2) is 0 Å². The normalized spacial score (nSPS) is 8.50. The summed E-state index contributed by atoms with van der Waals surface area (Å²) in [5.41, 5.74) is 1.19. The fourth-order valence-electron chi connectivity index (χ4n) is 0.774. The Kier molecular flexibility index (Phi) is 5.26. The summed E-state index contributed by atoms with van der Waals surface area (Å²) in [5.74, 6) is 0. The van der Waals surface area contributed by atoms with E-state index in [0.717, 1.165) is 6.42 Å². The SMILES string of the molecule is Br.OCCc1ccccc1. The second-order valence-electron chi connectivity index (χ2n) is 1.96. The van der Waals surface area contributed by atoms with E-state index in [1.54, 1.807) is 0 Å². The van der Waals surface area contributed by atoms with Gasteiger partial charge in [0.25, 0.3) is 0 Å². The molecule has 0 fully saturated rings. The maximum Gasteiger partial charge on any atom is 0.0471 e. The van der Waals surface area contributed by atoms with E-state index in [9.17, 15) is 0 Å². The molecule has 2 heteroatoms. The van der Waals surface area contributed by atoms with Crippen molar-refractivity contribution in [3.8, 4) is 0 Å². The predicted octanol–water partition coefficient (Wildman–Crippen LogP) is 1.80. The van der Waals surface area contributed by atoms with Gasteiger partial charge in [-0.1, -0.05) is 30.3 Å². The van der Waals surface area contributed by atoms with Crippen LogP contribution in [0.3, 0.4) is 0 Å². The molecule has 1 rings (SSSR count). The van der Waals surface area contributed by atoms with Crippen LogP contribution < -0.4 is 0 Å². The third kappa shape index (κ3) is 2.99. The minimum atomic E-state index is 0. The molecule has 1 aromatic rings. The Bertz CT molecular complexity index is 162.